The summed E-state index contributed by atoms with van der Waals surface area (Å²) in [5.74, 6) is -0.896. The number of nitrogens with one attached hydrogen (secondary N) is 1. The highest BCUT2D eigenvalue weighted by Gasteiger charge is 2.16. The molecule has 120 valence electrons. The molecule has 0 radical (unpaired) electrons. The third-order valence-corrected chi connectivity index (χ3v) is 3.10. The zero-order chi connectivity index (χ0) is 16.8. The second-order valence-electron chi connectivity index (χ2n) is 4.89. The molecular weight excluding hydrogens is 303 g/mol. The molecule has 2 aromatic carbocycles. The van der Waals surface area contributed by atoms with Crippen molar-refractivity contribution in [1.29, 1.82) is 0 Å². The largest absolute Gasteiger partial charge is 0.477 e. The van der Waals surface area contributed by atoms with Crippen LogP contribution < -0.4 is 10.1 Å². The lowest BCUT2D eigenvalue weighted by molar-refractivity contribution is -0.385. The highest BCUT2D eigenvalue weighted by atomic mass is 19.1. The van der Waals surface area contributed by atoms with E-state index < -0.39 is 23.3 Å². The lowest BCUT2D eigenvalue weighted by Gasteiger charge is -2.09. The lowest BCUT2D eigenvalue weighted by atomic mass is 10.2. The number of nitro benzene ring substituents is 1. The Morgan fingerprint density at radius 1 is 1.30 bits per heavy atom. The Morgan fingerprint density at radius 2 is 2.04 bits per heavy atom. The van der Waals surface area contributed by atoms with Crippen molar-refractivity contribution in [2.45, 2.75) is 13.5 Å². The number of ether oxygens (including phenoxy) is 1. The van der Waals surface area contributed by atoms with E-state index in [0.29, 0.717) is 11.1 Å². The van der Waals surface area contributed by atoms with Crippen LogP contribution in [0.5, 0.6) is 5.75 Å². The summed E-state index contributed by atoms with van der Waals surface area (Å²) in [5, 5.41) is 13.4. The van der Waals surface area contributed by atoms with Gasteiger partial charge >= 0.3 is 5.69 Å². The van der Waals surface area contributed by atoms with Crippen molar-refractivity contribution in [2.75, 3.05) is 6.61 Å². The number of nitro groups is 1. The van der Waals surface area contributed by atoms with Gasteiger partial charge in [0.05, 0.1) is 4.92 Å². The smallest absolute Gasteiger partial charge is 0.311 e. The Hall–Kier alpha value is -2.96. The van der Waals surface area contributed by atoms with Gasteiger partial charge in [-0.1, -0.05) is 24.3 Å². The minimum absolute atomic E-state index is 0.0154. The van der Waals surface area contributed by atoms with Crippen LogP contribution in [0.1, 0.15) is 11.1 Å². The van der Waals surface area contributed by atoms with Crippen molar-refractivity contribution in [3.8, 4) is 5.75 Å². The second-order valence-corrected chi connectivity index (χ2v) is 4.89. The topological polar surface area (TPSA) is 81.5 Å². The average Bonchev–Trinajstić information content (AvgIpc) is 2.52. The van der Waals surface area contributed by atoms with Crippen LogP contribution in [0.15, 0.2) is 42.5 Å². The minimum Gasteiger partial charge on any atom is -0.477 e. The third kappa shape index (κ3) is 4.50. The summed E-state index contributed by atoms with van der Waals surface area (Å²) in [6.07, 6.45) is 0. The molecule has 1 N–H and O–H groups in total. The highest BCUT2D eigenvalue weighted by molar-refractivity contribution is 5.77. The molecule has 0 spiro atoms. The quantitative estimate of drug-likeness (QED) is 0.656. The molecule has 6 nitrogen and oxygen atoms in total. The van der Waals surface area contributed by atoms with Crippen molar-refractivity contribution >= 4 is 11.6 Å². The molecule has 0 fully saturated rings. The van der Waals surface area contributed by atoms with E-state index in [9.17, 15) is 19.3 Å². The summed E-state index contributed by atoms with van der Waals surface area (Å²) in [7, 11) is 0. The first-order chi connectivity index (χ1) is 11.0. The fraction of sp³-hybridized carbons (Fsp3) is 0.188. The summed E-state index contributed by atoms with van der Waals surface area (Å²) >= 11 is 0. The molecule has 1 amide bonds. The summed E-state index contributed by atoms with van der Waals surface area (Å²) in [4.78, 5) is 22.1. The number of hydrogen-bond donors (Lipinski definition) is 1. The highest BCUT2D eigenvalue weighted by Crippen LogP contribution is 2.27. The number of rotatable bonds is 6. The van der Waals surface area contributed by atoms with Gasteiger partial charge in [-0.2, -0.15) is 0 Å². The molecule has 0 saturated carbocycles. The van der Waals surface area contributed by atoms with Crippen LogP contribution in [-0.2, 0) is 11.3 Å². The Morgan fingerprint density at radius 3 is 2.74 bits per heavy atom. The monoisotopic (exact) mass is 318 g/mol. The number of nitrogens with zero attached hydrogens (tertiary/aromatic N) is 1. The average molecular weight is 318 g/mol. The van der Waals surface area contributed by atoms with Crippen LogP contribution in [0.2, 0.25) is 0 Å². The van der Waals surface area contributed by atoms with Gasteiger partial charge in [-0.05, 0) is 24.6 Å². The molecular formula is C16H15FN2O4. The molecule has 0 atom stereocenters. The maximum Gasteiger partial charge on any atom is 0.311 e. The molecule has 7 heteroatoms. The van der Waals surface area contributed by atoms with E-state index >= 15 is 0 Å². The Labute approximate surface area is 132 Å². The van der Waals surface area contributed by atoms with Gasteiger partial charge in [0.1, 0.15) is 5.82 Å². The van der Waals surface area contributed by atoms with Gasteiger partial charge in [-0.15, -0.1) is 0 Å². The molecule has 0 aliphatic rings. The summed E-state index contributed by atoms with van der Waals surface area (Å²) < 4.78 is 18.6. The molecule has 0 aliphatic heterocycles. The molecule has 0 heterocycles. The van der Waals surface area contributed by atoms with Crippen molar-refractivity contribution < 1.29 is 18.8 Å². The number of benzene rings is 2. The molecule has 23 heavy (non-hydrogen) atoms. The van der Waals surface area contributed by atoms with Gasteiger partial charge in [0.2, 0.25) is 0 Å². The standard InChI is InChI=1S/C16H15FN2O4/c1-11-6-7-15(14(8-11)19(21)22)23-10-16(20)18-9-12-4-2-3-5-13(12)17/h2-8H,9-10H2,1H3,(H,18,20). The second kappa shape index (κ2) is 7.35. The van der Waals surface area contributed by atoms with E-state index in [1.165, 1.54) is 18.2 Å². The van der Waals surface area contributed by atoms with Crippen LogP contribution in [0.25, 0.3) is 0 Å². The van der Waals surface area contributed by atoms with Gasteiger partial charge in [0, 0.05) is 18.2 Å². The Bertz CT molecular complexity index is 734. The SMILES string of the molecule is Cc1ccc(OCC(=O)NCc2ccccc2F)c([N+](=O)[O-])c1. The Kier molecular flexibility index (Phi) is 5.24. The number of carbonyl (C=O) groups is 1. The van der Waals surface area contributed by atoms with Crippen molar-refractivity contribution in [2.24, 2.45) is 0 Å². The van der Waals surface area contributed by atoms with Crippen LogP contribution in [-0.4, -0.2) is 17.4 Å². The summed E-state index contributed by atoms with van der Waals surface area (Å²) in [5.41, 5.74) is 0.863. The van der Waals surface area contributed by atoms with E-state index in [2.05, 4.69) is 5.32 Å². The molecule has 0 unspecified atom stereocenters. The maximum atomic E-state index is 13.4. The Balaban J connectivity index is 1.92. The van der Waals surface area contributed by atoms with Gasteiger partial charge in [0.15, 0.2) is 12.4 Å². The van der Waals surface area contributed by atoms with Crippen molar-refractivity contribution in [3.63, 3.8) is 0 Å². The van der Waals surface area contributed by atoms with Crippen molar-refractivity contribution in [1.82, 2.24) is 5.32 Å². The van der Waals surface area contributed by atoms with E-state index in [1.54, 1.807) is 31.2 Å². The van der Waals surface area contributed by atoms with Crippen LogP contribution in [0, 0.1) is 22.9 Å². The maximum absolute atomic E-state index is 13.4. The van der Waals surface area contributed by atoms with Gasteiger partial charge in [-0.25, -0.2) is 4.39 Å². The third-order valence-electron chi connectivity index (χ3n) is 3.10. The lowest BCUT2D eigenvalue weighted by Crippen LogP contribution is -2.28. The van der Waals surface area contributed by atoms with Crippen LogP contribution in [0.4, 0.5) is 10.1 Å². The molecule has 0 bridgehead atoms. The normalized spacial score (nSPS) is 10.2. The molecule has 0 aromatic heterocycles. The number of halogens is 1. The van der Waals surface area contributed by atoms with Gasteiger partial charge in [0.25, 0.3) is 5.91 Å². The van der Waals surface area contributed by atoms with E-state index in [1.807, 2.05) is 0 Å². The zero-order valence-corrected chi connectivity index (χ0v) is 12.4. The minimum atomic E-state index is -0.570. The predicted octanol–water partition coefficient (Wildman–Crippen LogP) is 2.74. The van der Waals surface area contributed by atoms with Gasteiger partial charge < -0.3 is 10.1 Å². The number of aryl methyl sites for hydroxylation is 1. The first-order valence-electron chi connectivity index (χ1n) is 6.85. The summed E-state index contributed by atoms with van der Waals surface area (Å²) in [6, 6.07) is 10.5. The summed E-state index contributed by atoms with van der Waals surface area (Å²) in [6.45, 7) is 1.35. The molecule has 2 rings (SSSR count). The first-order valence-corrected chi connectivity index (χ1v) is 6.85. The molecule has 0 saturated heterocycles. The fourth-order valence-electron chi connectivity index (χ4n) is 1.92. The van der Waals surface area contributed by atoms with E-state index in [4.69, 9.17) is 4.74 Å². The van der Waals surface area contributed by atoms with E-state index in [0.717, 1.165) is 0 Å². The van der Waals surface area contributed by atoms with Crippen LogP contribution in [0.3, 0.4) is 0 Å². The molecule has 0 aliphatic carbocycles. The first kappa shape index (κ1) is 16.4. The fourth-order valence-corrected chi connectivity index (χ4v) is 1.92. The predicted molar refractivity (Wildman–Crippen MR) is 81.6 cm³/mol. The molecule has 2 aromatic rings. The number of carbonyl (C=O) groups excluding carboxylic acids is 1. The van der Waals surface area contributed by atoms with Crippen LogP contribution >= 0.6 is 0 Å². The zero-order valence-electron chi connectivity index (χ0n) is 12.4. The van der Waals surface area contributed by atoms with Gasteiger partial charge in [-0.3, -0.25) is 14.9 Å². The number of amides is 1. The number of hydrogen-bond acceptors (Lipinski definition) is 4. The van der Waals surface area contributed by atoms with E-state index in [-0.39, 0.29) is 18.0 Å². The van der Waals surface area contributed by atoms with Crippen molar-refractivity contribution in [3.05, 3.63) is 69.5 Å².